The standard InChI is InChI=1S/C21H15Cl2NO2S/c1-25-19-11-13(21-24-17-7-2-3-8-20(17)27-21)9-10-18(19)26-12-14-15(22)5-4-6-16(14)23/h2-11H,12H2,1H3. The number of hydrogen-bond acceptors (Lipinski definition) is 4. The molecule has 4 rings (SSSR count). The summed E-state index contributed by atoms with van der Waals surface area (Å²) >= 11 is 14.1. The number of hydrogen-bond donors (Lipinski definition) is 0. The number of nitrogens with zero attached hydrogens (tertiary/aromatic N) is 1. The smallest absolute Gasteiger partial charge is 0.161 e. The third-order valence-corrected chi connectivity index (χ3v) is 5.93. The van der Waals surface area contributed by atoms with E-state index in [9.17, 15) is 0 Å². The molecule has 4 aromatic rings. The fourth-order valence-electron chi connectivity index (χ4n) is 2.74. The van der Waals surface area contributed by atoms with Crippen LogP contribution in [0, 0.1) is 0 Å². The van der Waals surface area contributed by atoms with E-state index in [1.165, 1.54) is 0 Å². The van der Waals surface area contributed by atoms with Crippen LogP contribution in [0.25, 0.3) is 20.8 Å². The number of para-hydroxylation sites is 1. The second-order valence-electron chi connectivity index (χ2n) is 5.84. The highest BCUT2D eigenvalue weighted by atomic mass is 35.5. The van der Waals surface area contributed by atoms with Gasteiger partial charge < -0.3 is 9.47 Å². The molecule has 0 amide bonds. The molecule has 1 aromatic heterocycles. The second kappa shape index (κ2) is 7.77. The molecule has 0 unspecified atom stereocenters. The number of methoxy groups -OCH3 is 1. The zero-order chi connectivity index (χ0) is 18.8. The maximum atomic E-state index is 6.21. The van der Waals surface area contributed by atoms with E-state index >= 15 is 0 Å². The largest absolute Gasteiger partial charge is 0.493 e. The highest BCUT2D eigenvalue weighted by Crippen LogP contribution is 2.37. The lowest BCUT2D eigenvalue weighted by atomic mass is 10.2. The molecule has 0 aliphatic carbocycles. The van der Waals surface area contributed by atoms with Gasteiger partial charge in [0, 0.05) is 21.2 Å². The van der Waals surface area contributed by atoms with E-state index in [1.807, 2.05) is 42.5 Å². The summed E-state index contributed by atoms with van der Waals surface area (Å²) in [6, 6.07) is 19.3. The molecule has 0 bridgehead atoms. The Kier molecular flexibility index (Phi) is 5.21. The van der Waals surface area contributed by atoms with E-state index in [2.05, 4.69) is 6.07 Å². The van der Waals surface area contributed by atoms with Crippen LogP contribution < -0.4 is 9.47 Å². The first-order valence-electron chi connectivity index (χ1n) is 8.25. The molecule has 0 spiro atoms. The minimum Gasteiger partial charge on any atom is -0.493 e. The molecule has 3 aromatic carbocycles. The molecule has 1 heterocycles. The highest BCUT2D eigenvalue weighted by molar-refractivity contribution is 7.21. The molecular formula is C21H15Cl2NO2S. The van der Waals surface area contributed by atoms with Crippen molar-refractivity contribution < 1.29 is 9.47 Å². The predicted octanol–water partition coefficient (Wildman–Crippen LogP) is 6.86. The maximum Gasteiger partial charge on any atom is 0.161 e. The Bertz CT molecular complexity index is 1060. The molecule has 0 radical (unpaired) electrons. The number of aromatic nitrogens is 1. The van der Waals surface area contributed by atoms with Crippen molar-refractivity contribution in [3.63, 3.8) is 0 Å². The van der Waals surface area contributed by atoms with Gasteiger partial charge in [-0.25, -0.2) is 4.98 Å². The van der Waals surface area contributed by atoms with Crippen LogP contribution in [0.4, 0.5) is 0 Å². The van der Waals surface area contributed by atoms with E-state index in [-0.39, 0.29) is 6.61 Å². The summed E-state index contributed by atoms with van der Waals surface area (Å²) in [4.78, 5) is 4.69. The van der Waals surface area contributed by atoms with Gasteiger partial charge >= 0.3 is 0 Å². The zero-order valence-electron chi connectivity index (χ0n) is 14.4. The topological polar surface area (TPSA) is 31.4 Å². The number of thiazole rings is 1. The van der Waals surface area contributed by atoms with Gasteiger partial charge in [-0.3, -0.25) is 0 Å². The summed E-state index contributed by atoms with van der Waals surface area (Å²) in [6.07, 6.45) is 0. The van der Waals surface area contributed by atoms with Crippen LogP contribution in [0.15, 0.2) is 60.7 Å². The predicted molar refractivity (Wildman–Crippen MR) is 112 cm³/mol. The first-order chi connectivity index (χ1) is 13.2. The van der Waals surface area contributed by atoms with Gasteiger partial charge in [-0.05, 0) is 42.5 Å². The molecule has 6 heteroatoms. The molecule has 0 saturated carbocycles. The Morgan fingerprint density at radius 2 is 1.70 bits per heavy atom. The second-order valence-corrected chi connectivity index (χ2v) is 7.69. The van der Waals surface area contributed by atoms with Gasteiger partial charge in [0.05, 0.1) is 17.3 Å². The summed E-state index contributed by atoms with van der Waals surface area (Å²) in [5, 5.41) is 2.09. The Hall–Kier alpha value is -2.27. The molecule has 0 saturated heterocycles. The molecule has 3 nitrogen and oxygen atoms in total. The molecule has 136 valence electrons. The number of rotatable bonds is 5. The fraction of sp³-hybridized carbons (Fsp3) is 0.0952. The molecule has 0 atom stereocenters. The number of ether oxygens (including phenoxy) is 2. The minimum absolute atomic E-state index is 0.259. The van der Waals surface area contributed by atoms with Crippen molar-refractivity contribution in [1.82, 2.24) is 4.98 Å². The average molecular weight is 416 g/mol. The molecule has 0 N–H and O–H groups in total. The quantitative estimate of drug-likeness (QED) is 0.356. The third kappa shape index (κ3) is 3.74. The molecule has 0 fully saturated rings. The third-order valence-electron chi connectivity index (χ3n) is 4.14. The summed E-state index contributed by atoms with van der Waals surface area (Å²) < 4.78 is 12.6. The van der Waals surface area contributed by atoms with Crippen molar-refractivity contribution in [3.8, 4) is 22.1 Å². The number of benzene rings is 3. The summed E-state index contributed by atoms with van der Waals surface area (Å²) in [5.41, 5.74) is 2.72. The Morgan fingerprint density at radius 1 is 0.926 bits per heavy atom. The van der Waals surface area contributed by atoms with Crippen molar-refractivity contribution in [2.75, 3.05) is 7.11 Å². The van der Waals surface area contributed by atoms with Crippen molar-refractivity contribution in [2.24, 2.45) is 0 Å². The van der Waals surface area contributed by atoms with Crippen LogP contribution in [0.5, 0.6) is 11.5 Å². The fourth-order valence-corrected chi connectivity index (χ4v) is 4.20. The lowest BCUT2D eigenvalue weighted by Gasteiger charge is -2.13. The van der Waals surface area contributed by atoms with Crippen LogP contribution in [0.3, 0.4) is 0 Å². The van der Waals surface area contributed by atoms with Gasteiger partial charge in [-0.2, -0.15) is 0 Å². The van der Waals surface area contributed by atoms with Gasteiger partial charge in [0.2, 0.25) is 0 Å². The van der Waals surface area contributed by atoms with Crippen LogP contribution in [0.1, 0.15) is 5.56 Å². The first kappa shape index (κ1) is 18.1. The van der Waals surface area contributed by atoms with E-state index < -0.39 is 0 Å². The van der Waals surface area contributed by atoms with Crippen LogP contribution in [-0.4, -0.2) is 12.1 Å². The Balaban J connectivity index is 1.61. The van der Waals surface area contributed by atoms with Crippen molar-refractivity contribution in [2.45, 2.75) is 6.61 Å². The van der Waals surface area contributed by atoms with Gasteiger partial charge in [0.25, 0.3) is 0 Å². The minimum atomic E-state index is 0.259. The van der Waals surface area contributed by atoms with Crippen molar-refractivity contribution >= 4 is 44.8 Å². The van der Waals surface area contributed by atoms with E-state index in [0.717, 1.165) is 26.4 Å². The van der Waals surface area contributed by atoms with Crippen LogP contribution in [0.2, 0.25) is 10.0 Å². The van der Waals surface area contributed by atoms with Crippen LogP contribution >= 0.6 is 34.5 Å². The lowest BCUT2D eigenvalue weighted by Crippen LogP contribution is -1.99. The summed E-state index contributed by atoms with van der Waals surface area (Å²) in [7, 11) is 1.62. The van der Waals surface area contributed by atoms with E-state index in [1.54, 1.807) is 30.6 Å². The number of fused-ring (bicyclic) bond motifs is 1. The highest BCUT2D eigenvalue weighted by Gasteiger charge is 2.12. The summed E-state index contributed by atoms with van der Waals surface area (Å²) in [6.45, 7) is 0.259. The molecular weight excluding hydrogens is 401 g/mol. The molecule has 27 heavy (non-hydrogen) atoms. The van der Waals surface area contributed by atoms with E-state index in [4.69, 9.17) is 37.7 Å². The van der Waals surface area contributed by atoms with Gasteiger partial charge in [-0.15, -0.1) is 11.3 Å². The van der Waals surface area contributed by atoms with Crippen molar-refractivity contribution in [3.05, 3.63) is 76.3 Å². The van der Waals surface area contributed by atoms with Crippen LogP contribution in [-0.2, 0) is 6.61 Å². The maximum absolute atomic E-state index is 6.21. The summed E-state index contributed by atoms with van der Waals surface area (Å²) in [5.74, 6) is 1.26. The Labute approximate surface area is 171 Å². The normalized spacial score (nSPS) is 10.9. The lowest BCUT2D eigenvalue weighted by molar-refractivity contribution is 0.285. The van der Waals surface area contributed by atoms with Crippen molar-refractivity contribution in [1.29, 1.82) is 0 Å². The monoisotopic (exact) mass is 415 g/mol. The molecule has 0 aliphatic rings. The van der Waals surface area contributed by atoms with Gasteiger partial charge in [0.1, 0.15) is 11.6 Å². The van der Waals surface area contributed by atoms with E-state index in [0.29, 0.717) is 21.5 Å². The SMILES string of the molecule is COc1cc(-c2nc3ccccc3s2)ccc1OCc1c(Cl)cccc1Cl. The number of halogens is 2. The molecule has 0 aliphatic heterocycles. The zero-order valence-corrected chi connectivity index (χ0v) is 16.7. The average Bonchev–Trinajstić information content (AvgIpc) is 3.12. The first-order valence-corrected chi connectivity index (χ1v) is 9.82. The van der Waals surface area contributed by atoms with Gasteiger partial charge in [0.15, 0.2) is 11.5 Å². The Morgan fingerprint density at radius 3 is 2.44 bits per heavy atom. The van der Waals surface area contributed by atoms with Gasteiger partial charge in [-0.1, -0.05) is 41.4 Å².